The number of hydrogen-bond donors (Lipinski definition) is 8. The Kier molecular flexibility index (Phi) is 36.1. The third-order valence-electron chi connectivity index (χ3n) is 9.81. The molecule has 380 valence electrons. The van der Waals surface area contributed by atoms with Crippen LogP contribution in [0.2, 0.25) is 0 Å². The molecule has 8 N–H and O–H groups in total. The molecule has 1 aromatic carbocycles. The van der Waals surface area contributed by atoms with Crippen molar-refractivity contribution < 1.29 is 77.4 Å². The monoisotopic (exact) mass is 1020 g/mol. The zero-order valence-electron chi connectivity index (χ0n) is 38.5. The predicted molar refractivity (Wildman–Crippen MR) is 248 cm³/mol. The molecule has 1 aromatic rings. The van der Waals surface area contributed by atoms with Gasteiger partial charge in [0.2, 0.25) is 29.5 Å². The molecule has 2 atom stereocenters. The molecule has 0 spiro atoms. The molecule has 0 aromatic heterocycles. The van der Waals surface area contributed by atoms with Crippen LogP contribution in [0.1, 0.15) is 113 Å². The molecule has 0 bridgehead atoms. The average Bonchev–Trinajstić information content (AvgIpc) is 3.30. The van der Waals surface area contributed by atoms with E-state index in [-0.39, 0.29) is 120 Å². The molecule has 0 radical (unpaired) electrons. The number of alkyl halides is 1. The fourth-order valence-electron chi connectivity index (χ4n) is 6.16. The molecule has 67 heavy (non-hydrogen) atoms. The molecular weight excluding hydrogens is 946 g/mol. The molecule has 0 heterocycles. The fraction of sp³-hybridized carbons (Fsp3) is 0.689. The summed E-state index contributed by atoms with van der Waals surface area (Å²) in [6, 6.07) is 4.25. The molecule has 0 aliphatic heterocycles. The van der Waals surface area contributed by atoms with Crippen molar-refractivity contribution in [3.05, 3.63) is 29.8 Å². The van der Waals surface area contributed by atoms with E-state index in [9.17, 15) is 48.6 Å². The normalized spacial score (nSPS) is 11.8. The van der Waals surface area contributed by atoms with Crippen LogP contribution in [0, 0.1) is 0 Å². The summed E-state index contributed by atoms with van der Waals surface area (Å²) >= 11 is 2.98. The summed E-state index contributed by atoms with van der Waals surface area (Å²) in [6.07, 6.45) is 11.1. The van der Waals surface area contributed by atoms with Crippen LogP contribution in [-0.2, 0) is 52.5 Å². The smallest absolute Gasteiger partial charge is 0.335 e. The number of carboxylic acids is 3. The van der Waals surface area contributed by atoms with E-state index < -0.39 is 35.9 Å². The molecule has 0 aliphatic rings. The minimum absolute atomic E-state index is 0.0299. The second-order valence-corrected chi connectivity index (χ2v) is 16.0. The van der Waals surface area contributed by atoms with E-state index in [2.05, 4.69) is 42.5 Å². The van der Waals surface area contributed by atoms with Gasteiger partial charge in [-0.15, -0.1) is 0 Å². The van der Waals surface area contributed by atoms with Crippen LogP contribution < -0.4 is 31.3 Å². The lowest BCUT2D eigenvalue weighted by atomic mass is 10.1. The lowest BCUT2D eigenvalue weighted by Crippen LogP contribution is -2.41. The Morgan fingerprint density at radius 2 is 0.940 bits per heavy atom. The van der Waals surface area contributed by atoms with Crippen molar-refractivity contribution in [1.29, 1.82) is 0 Å². The van der Waals surface area contributed by atoms with Crippen molar-refractivity contribution in [3.8, 4) is 5.75 Å². The number of unbranched alkanes of at least 4 members (excludes halogenated alkanes) is 10. The van der Waals surface area contributed by atoms with E-state index in [0.29, 0.717) is 51.0 Å². The number of aliphatic carboxylic acids is 2. The molecule has 0 fully saturated rings. The standard InChI is InChI=1S/C45H72BrN5O16/c46-31-40(54)51-36(44(59)60)13-9-8-11-21-47-41(55)32-65-29-28-64-26-23-49-42(56)33-66-30-27-63-25-22-48-38(52)20-19-37(45(61)62)50-39(53)14-10-6-4-2-1-3-5-7-12-24-67-35-17-15-34(16-18-35)43(57)58/h15-18,36-37H,1-14,19-33H2,(H,47,55)(H,48,52)(H,49,56)(H,50,53)(H,51,54)(H,57,58)(H,59,60)(H,61,62). The second-order valence-electron chi connectivity index (χ2n) is 15.4. The molecular formula is C45H72BrN5O16. The maximum Gasteiger partial charge on any atom is 0.335 e. The zero-order valence-corrected chi connectivity index (χ0v) is 40.1. The van der Waals surface area contributed by atoms with Gasteiger partial charge >= 0.3 is 17.9 Å². The summed E-state index contributed by atoms with van der Waals surface area (Å²) in [5, 5.41) is 40.6. The van der Waals surface area contributed by atoms with Crippen LogP contribution >= 0.6 is 15.9 Å². The van der Waals surface area contributed by atoms with E-state index in [1.54, 1.807) is 12.1 Å². The summed E-state index contributed by atoms with van der Waals surface area (Å²) in [4.78, 5) is 93.6. The van der Waals surface area contributed by atoms with Crippen LogP contribution in [-0.4, -0.2) is 159 Å². The molecule has 0 saturated heterocycles. The molecule has 0 aliphatic carbocycles. The van der Waals surface area contributed by atoms with Crippen molar-refractivity contribution in [2.75, 3.05) is 84.4 Å². The first-order valence-corrected chi connectivity index (χ1v) is 24.1. The fourth-order valence-corrected chi connectivity index (χ4v) is 6.32. The van der Waals surface area contributed by atoms with Gasteiger partial charge in [0.1, 0.15) is 31.0 Å². The average molecular weight is 1020 g/mol. The van der Waals surface area contributed by atoms with Gasteiger partial charge in [-0.2, -0.15) is 0 Å². The number of amides is 5. The van der Waals surface area contributed by atoms with E-state index in [1.807, 2.05) is 0 Å². The molecule has 2 unspecified atom stereocenters. The van der Waals surface area contributed by atoms with Crippen molar-refractivity contribution >= 4 is 63.4 Å². The quantitative estimate of drug-likeness (QED) is 0.0344. The molecule has 22 heteroatoms. The van der Waals surface area contributed by atoms with Crippen LogP contribution in [0.15, 0.2) is 24.3 Å². The Balaban J connectivity index is 1.92. The van der Waals surface area contributed by atoms with E-state index in [0.717, 1.165) is 51.4 Å². The maximum atomic E-state index is 12.4. The van der Waals surface area contributed by atoms with Crippen molar-refractivity contribution in [2.24, 2.45) is 0 Å². The lowest BCUT2D eigenvalue weighted by Gasteiger charge is -2.14. The number of carbonyl (C=O) groups is 8. The number of carboxylic acid groups (broad SMARTS) is 3. The number of benzene rings is 1. The number of nitrogens with one attached hydrogen (secondary N) is 5. The number of carbonyl (C=O) groups excluding carboxylic acids is 5. The minimum atomic E-state index is -1.21. The maximum absolute atomic E-state index is 12.4. The van der Waals surface area contributed by atoms with E-state index in [4.69, 9.17) is 28.8 Å². The topological polar surface area (TPSA) is 304 Å². The number of aromatic carboxylic acids is 1. The summed E-state index contributed by atoms with van der Waals surface area (Å²) in [6.45, 7) is 2.23. The van der Waals surface area contributed by atoms with Crippen LogP contribution in [0.3, 0.4) is 0 Å². The highest BCUT2D eigenvalue weighted by Gasteiger charge is 2.21. The summed E-state index contributed by atoms with van der Waals surface area (Å²) in [5.74, 6) is -4.37. The third kappa shape index (κ3) is 35.0. The molecule has 1 rings (SSSR count). The Morgan fingerprint density at radius 1 is 0.463 bits per heavy atom. The number of ether oxygens (including phenoxy) is 5. The van der Waals surface area contributed by atoms with Gasteiger partial charge in [-0.3, -0.25) is 24.0 Å². The largest absolute Gasteiger partial charge is 0.494 e. The Labute approximate surface area is 401 Å². The van der Waals surface area contributed by atoms with Gasteiger partial charge in [0.05, 0.1) is 57.1 Å². The molecule has 21 nitrogen and oxygen atoms in total. The number of halogens is 1. The summed E-state index contributed by atoms with van der Waals surface area (Å²) < 4.78 is 27.0. The van der Waals surface area contributed by atoms with Gasteiger partial charge in [0.25, 0.3) is 0 Å². The Hall–Kier alpha value is -4.90. The van der Waals surface area contributed by atoms with Crippen LogP contribution in [0.25, 0.3) is 0 Å². The van der Waals surface area contributed by atoms with Gasteiger partial charge in [0, 0.05) is 32.5 Å². The van der Waals surface area contributed by atoms with Gasteiger partial charge in [0.15, 0.2) is 0 Å². The number of hydrogen-bond acceptors (Lipinski definition) is 13. The predicted octanol–water partition coefficient (Wildman–Crippen LogP) is 2.95. The van der Waals surface area contributed by atoms with Gasteiger partial charge < -0.3 is 65.6 Å². The number of rotatable bonds is 44. The molecule has 5 amide bonds. The Morgan fingerprint density at radius 3 is 1.49 bits per heavy atom. The summed E-state index contributed by atoms with van der Waals surface area (Å²) in [5.41, 5.74) is 0.226. The lowest BCUT2D eigenvalue weighted by molar-refractivity contribution is -0.142. The van der Waals surface area contributed by atoms with E-state index in [1.165, 1.54) is 12.1 Å². The van der Waals surface area contributed by atoms with Crippen molar-refractivity contribution in [3.63, 3.8) is 0 Å². The van der Waals surface area contributed by atoms with Gasteiger partial charge in [-0.1, -0.05) is 73.7 Å². The SMILES string of the molecule is O=C(CCC(NC(=O)CCCCCCCCCCCOc1ccc(C(=O)O)cc1)C(=O)O)NCCOCCOCC(=O)NCCOCCOCC(=O)NCCCCCC(NC(=O)CBr)C(=O)O. The highest BCUT2D eigenvalue weighted by Crippen LogP contribution is 2.15. The Bertz CT molecular complexity index is 1590. The first kappa shape index (κ1) is 60.1. The second kappa shape index (κ2) is 40.2. The third-order valence-corrected chi connectivity index (χ3v) is 10.3. The summed E-state index contributed by atoms with van der Waals surface area (Å²) in [7, 11) is 0. The first-order valence-electron chi connectivity index (χ1n) is 23.0. The highest BCUT2D eigenvalue weighted by molar-refractivity contribution is 9.09. The van der Waals surface area contributed by atoms with Gasteiger partial charge in [-0.25, -0.2) is 14.4 Å². The van der Waals surface area contributed by atoms with Crippen molar-refractivity contribution in [1.82, 2.24) is 26.6 Å². The van der Waals surface area contributed by atoms with Crippen LogP contribution in [0.4, 0.5) is 0 Å². The highest BCUT2D eigenvalue weighted by atomic mass is 79.9. The minimum Gasteiger partial charge on any atom is -0.494 e. The van der Waals surface area contributed by atoms with Crippen molar-refractivity contribution in [2.45, 2.75) is 115 Å². The molecule has 0 saturated carbocycles. The van der Waals surface area contributed by atoms with Crippen LogP contribution in [0.5, 0.6) is 5.75 Å². The van der Waals surface area contributed by atoms with Gasteiger partial charge in [-0.05, 0) is 56.4 Å². The first-order chi connectivity index (χ1) is 32.3. The zero-order chi connectivity index (χ0) is 49.3. The van der Waals surface area contributed by atoms with E-state index >= 15 is 0 Å².